The predicted octanol–water partition coefficient (Wildman–Crippen LogP) is 3.56. The summed E-state index contributed by atoms with van der Waals surface area (Å²) in [6, 6.07) is 1.69. The lowest BCUT2D eigenvalue weighted by molar-refractivity contribution is 0.0687. The van der Waals surface area contributed by atoms with Crippen molar-refractivity contribution in [3.05, 3.63) is 0 Å². The molecular formula is C16H32N2. The molecule has 2 nitrogen and oxygen atoms in total. The second-order valence-electron chi connectivity index (χ2n) is 7.31. The van der Waals surface area contributed by atoms with Gasteiger partial charge in [0.2, 0.25) is 0 Å². The number of rotatable bonds is 3. The molecule has 0 radical (unpaired) electrons. The second kappa shape index (κ2) is 6.38. The van der Waals surface area contributed by atoms with Crippen molar-refractivity contribution in [1.82, 2.24) is 10.2 Å². The lowest BCUT2D eigenvalue weighted by Crippen LogP contribution is -2.53. The van der Waals surface area contributed by atoms with Crippen molar-refractivity contribution in [3.8, 4) is 0 Å². The smallest absolute Gasteiger partial charge is 0.0223 e. The summed E-state index contributed by atoms with van der Waals surface area (Å²) < 4.78 is 0. The van der Waals surface area contributed by atoms with E-state index in [-0.39, 0.29) is 5.54 Å². The standard InChI is InChI=1S/C16H32N2/c1-16(2,3)17-13-15-11-7-8-12-18(15)14-9-5-4-6-10-14/h14-15,17H,4-13H2,1-3H3. The van der Waals surface area contributed by atoms with Crippen LogP contribution in [0.2, 0.25) is 0 Å². The van der Waals surface area contributed by atoms with Crippen LogP contribution in [0.5, 0.6) is 0 Å². The summed E-state index contributed by atoms with van der Waals surface area (Å²) in [6.45, 7) is 9.36. The van der Waals surface area contributed by atoms with Gasteiger partial charge in [0.05, 0.1) is 0 Å². The highest BCUT2D eigenvalue weighted by atomic mass is 15.2. The van der Waals surface area contributed by atoms with Gasteiger partial charge in [-0.05, 0) is 53.0 Å². The van der Waals surface area contributed by atoms with Crippen molar-refractivity contribution < 1.29 is 0 Å². The van der Waals surface area contributed by atoms with Crippen molar-refractivity contribution >= 4 is 0 Å². The monoisotopic (exact) mass is 252 g/mol. The van der Waals surface area contributed by atoms with E-state index >= 15 is 0 Å². The fourth-order valence-corrected chi connectivity index (χ4v) is 3.56. The van der Waals surface area contributed by atoms with Crippen molar-refractivity contribution in [3.63, 3.8) is 0 Å². The van der Waals surface area contributed by atoms with Gasteiger partial charge in [-0.1, -0.05) is 25.7 Å². The van der Waals surface area contributed by atoms with Crippen LogP contribution in [0.25, 0.3) is 0 Å². The Balaban J connectivity index is 1.88. The molecular weight excluding hydrogens is 220 g/mol. The normalized spacial score (nSPS) is 28.5. The molecule has 1 unspecified atom stereocenters. The van der Waals surface area contributed by atoms with E-state index in [9.17, 15) is 0 Å². The first-order chi connectivity index (χ1) is 8.56. The first-order valence-corrected chi connectivity index (χ1v) is 8.07. The van der Waals surface area contributed by atoms with Crippen LogP contribution in [-0.4, -0.2) is 35.6 Å². The van der Waals surface area contributed by atoms with Gasteiger partial charge in [-0.25, -0.2) is 0 Å². The van der Waals surface area contributed by atoms with Crippen LogP contribution in [-0.2, 0) is 0 Å². The number of piperidine rings is 1. The van der Waals surface area contributed by atoms with Gasteiger partial charge in [-0.2, -0.15) is 0 Å². The Hall–Kier alpha value is -0.0800. The summed E-state index contributed by atoms with van der Waals surface area (Å²) in [7, 11) is 0. The number of likely N-dealkylation sites (tertiary alicyclic amines) is 1. The van der Waals surface area contributed by atoms with Crippen LogP contribution in [0.4, 0.5) is 0 Å². The molecule has 18 heavy (non-hydrogen) atoms. The fourth-order valence-electron chi connectivity index (χ4n) is 3.56. The van der Waals surface area contributed by atoms with Crippen LogP contribution < -0.4 is 5.32 Å². The van der Waals surface area contributed by atoms with Crippen molar-refractivity contribution in [2.75, 3.05) is 13.1 Å². The van der Waals surface area contributed by atoms with E-state index in [1.807, 2.05) is 0 Å². The van der Waals surface area contributed by atoms with Crippen LogP contribution in [0, 0.1) is 0 Å². The summed E-state index contributed by atoms with van der Waals surface area (Å²) in [5, 5.41) is 3.72. The zero-order valence-corrected chi connectivity index (χ0v) is 12.7. The number of hydrogen-bond acceptors (Lipinski definition) is 2. The molecule has 0 bridgehead atoms. The van der Waals surface area contributed by atoms with Crippen LogP contribution in [0.1, 0.15) is 72.1 Å². The minimum atomic E-state index is 0.260. The third-order valence-electron chi connectivity index (χ3n) is 4.58. The first-order valence-electron chi connectivity index (χ1n) is 8.07. The maximum atomic E-state index is 3.72. The molecule has 0 amide bonds. The summed E-state index contributed by atoms with van der Waals surface area (Å²) in [5.41, 5.74) is 0.260. The van der Waals surface area contributed by atoms with E-state index in [1.54, 1.807) is 0 Å². The molecule has 1 saturated heterocycles. The molecule has 1 heterocycles. The molecule has 1 saturated carbocycles. The second-order valence-corrected chi connectivity index (χ2v) is 7.31. The van der Waals surface area contributed by atoms with Crippen LogP contribution >= 0.6 is 0 Å². The lowest BCUT2D eigenvalue weighted by atomic mass is 9.90. The number of nitrogens with one attached hydrogen (secondary N) is 1. The maximum absolute atomic E-state index is 3.72. The van der Waals surface area contributed by atoms with E-state index < -0.39 is 0 Å². The molecule has 0 aromatic carbocycles. The molecule has 2 heteroatoms. The molecule has 2 rings (SSSR count). The fraction of sp³-hybridized carbons (Fsp3) is 1.00. The Morgan fingerprint density at radius 1 is 0.944 bits per heavy atom. The minimum absolute atomic E-state index is 0.260. The van der Waals surface area contributed by atoms with Gasteiger partial charge in [0.15, 0.2) is 0 Å². The van der Waals surface area contributed by atoms with Gasteiger partial charge in [0.25, 0.3) is 0 Å². The van der Waals surface area contributed by atoms with Gasteiger partial charge in [-0.15, -0.1) is 0 Å². The maximum Gasteiger partial charge on any atom is 0.0223 e. The average Bonchev–Trinajstić information content (AvgIpc) is 2.37. The molecule has 0 aromatic heterocycles. The summed E-state index contributed by atoms with van der Waals surface area (Å²) in [5.74, 6) is 0. The van der Waals surface area contributed by atoms with Crippen LogP contribution in [0.3, 0.4) is 0 Å². The molecule has 1 N–H and O–H groups in total. The number of nitrogens with zero attached hydrogens (tertiary/aromatic N) is 1. The van der Waals surface area contributed by atoms with E-state index in [1.165, 1.54) is 64.5 Å². The van der Waals surface area contributed by atoms with Gasteiger partial charge in [0, 0.05) is 24.2 Å². The minimum Gasteiger partial charge on any atom is -0.311 e. The molecule has 2 aliphatic rings. The molecule has 0 aromatic rings. The van der Waals surface area contributed by atoms with Gasteiger partial charge < -0.3 is 5.32 Å². The van der Waals surface area contributed by atoms with Gasteiger partial charge in [0.1, 0.15) is 0 Å². The molecule has 1 aliphatic carbocycles. The highest BCUT2D eigenvalue weighted by molar-refractivity contribution is 4.87. The zero-order chi connectivity index (χ0) is 13.0. The largest absolute Gasteiger partial charge is 0.311 e. The molecule has 106 valence electrons. The Kier molecular flexibility index (Phi) is 5.08. The Labute approximate surface area is 114 Å². The molecule has 0 spiro atoms. The first kappa shape index (κ1) is 14.3. The quantitative estimate of drug-likeness (QED) is 0.826. The van der Waals surface area contributed by atoms with Crippen molar-refractivity contribution in [2.45, 2.75) is 89.8 Å². The molecule has 2 fully saturated rings. The Morgan fingerprint density at radius 2 is 1.61 bits per heavy atom. The zero-order valence-electron chi connectivity index (χ0n) is 12.7. The van der Waals surface area contributed by atoms with Gasteiger partial charge in [-0.3, -0.25) is 4.90 Å². The van der Waals surface area contributed by atoms with E-state index in [2.05, 4.69) is 31.0 Å². The third-order valence-corrected chi connectivity index (χ3v) is 4.58. The molecule has 1 aliphatic heterocycles. The van der Waals surface area contributed by atoms with E-state index in [0.717, 1.165) is 12.1 Å². The lowest BCUT2D eigenvalue weighted by Gasteiger charge is -2.43. The SMILES string of the molecule is CC(C)(C)NCC1CCCCN1C1CCCCC1. The van der Waals surface area contributed by atoms with Crippen molar-refractivity contribution in [2.24, 2.45) is 0 Å². The third kappa shape index (κ3) is 4.24. The summed E-state index contributed by atoms with van der Waals surface area (Å²) in [4.78, 5) is 2.85. The highest BCUT2D eigenvalue weighted by Crippen LogP contribution is 2.28. The van der Waals surface area contributed by atoms with E-state index in [0.29, 0.717) is 0 Å². The van der Waals surface area contributed by atoms with Crippen molar-refractivity contribution in [1.29, 1.82) is 0 Å². The predicted molar refractivity (Wildman–Crippen MR) is 79.0 cm³/mol. The Morgan fingerprint density at radius 3 is 2.28 bits per heavy atom. The van der Waals surface area contributed by atoms with Gasteiger partial charge >= 0.3 is 0 Å². The topological polar surface area (TPSA) is 15.3 Å². The number of hydrogen-bond donors (Lipinski definition) is 1. The Bertz CT molecular complexity index is 238. The summed E-state index contributed by atoms with van der Waals surface area (Å²) in [6.07, 6.45) is 11.5. The average molecular weight is 252 g/mol. The molecule has 1 atom stereocenters. The summed E-state index contributed by atoms with van der Waals surface area (Å²) >= 11 is 0. The highest BCUT2D eigenvalue weighted by Gasteiger charge is 2.30. The van der Waals surface area contributed by atoms with E-state index in [4.69, 9.17) is 0 Å². The van der Waals surface area contributed by atoms with Crippen LogP contribution in [0.15, 0.2) is 0 Å².